The summed E-state index contributed by atoms with van der Waals surface area (Å²) in [6.45, 7) is 14.2. The average molecular weight is 1530 g/mol. The highest BCUT2D eigenvalue weighted by molar-refractivity contribution is 6.28. The topological polar surface area (TPSA) is 14.8 Å². The van der Waals surface area contributed by atoms with E-state index in [1.165, 1.54) is 236 Å². The Hall–Kier alpha value is -14.6. The molecule has 0 unspecified atom stereocenters. The highest BCUT2D eigenvalue weighted by Crippen LogP contribution is 2.58. The van der Waals surface area contributed by atoms with Gasteiger partial charge in [-0.1, -0.05) is 345 Å². The summed E-state index contributed by atoms with van der Waals surface area (Å²) in [4.78, 5) is 0. The predicted octanol–water partition coefficient (Wildman–Crippen LogP) is 31.5. The minimum Gasteiger partial charge on any atom is -0.309 e. The summed E-state index contributed by atoms with van der Waals surface area (Å²) >= 11 is 0. The molecule has 0 fully saturated rings. The molecule has 0 spiro atoms. The third-order valence-electron chi connectivity index (χ3n) is 27.4. The first-order valence-corrected chi connectivity index (χ1v) is 42.3. The fourth-order valence-electron chi connectivity index (χ4n) is 21.7. The second-order valence-electron chi connectivity index (χ2n) is 35.0. The van der Waals surface area contributed by atoms with Gasteiger partial charge in [-0.2, -0.15) is 0 Å². The van der Waals surface area contributed by atoms with Crippen molar-refractivity contribution in [3.8, 4) is 72.7 Å². The van der Waals surface area contributed by atoms with E-state index in [2.05, 4.69) is 450 Å². The van der Waals surface area contributed by atoms with Crippen molar-refractivity contribution >= 4 is 130 Å². The number of nitrogens with zero attached hydrogens (tertiary/aromatic N) is 3. The maximum absolute atomic E-state index is 2.53. The fourth-order valence-corrected chi connectivity index (χ4v) is 21.7. The molecule has 20 aromatic carbocycles. The minimum absolute atomic E-state index is 0.0605. The van der Waals surface area contributed by atoms with E-state index < -0.39 is 0 Å². The van der Waals surface area contributed by atoms with Crippen molar-refractivity contribution in [3.05, 3.63) is 428 Å². The molecule has 3 nitrogen and oxygen atoms in total. The standard InChI is InChI=1S/2C41H29N.C35H25N/c1-41(2)35-20-9-8-19-32(35)39-38-30(17-11-21-36(38)41)24-34-33-23-28-14-6-7-15-29(28)25-37(33)42(40(34)39)31-18-10-16-27(22-31)26-12-4-3-5-13-26;1-41(2)35-17-9-8-16-32(35)39-38-30(15-10-18-36(38)41)24-34-33-23-28-13-6-7-14-29(28)25-37(33)42(40(34)39)31-21-19-27(20-22-31)26-11-4-3-5-12-26;1-35(2)29-17-9-8-16-26(29)33-32-24(13-10-18-30(32)35)20-28-27-19-22-11-6-7-12-23(22)21-31(27)36(34(28)33)25-14-4-3-5-15-25/h2*3-25H,1-2H3;3-21H,1-2H3. The predicted molar refractivity (Wildman–Crippen MR) is 511 cm³/mol. The lowest BCUT2D eigenvalue weighted by molar-refractivity contribution is 0.645. The summed E-state index contributed by atoms with van der Waals surface area (Å²) < 4.78 is 7.55. The van der Waals surface area contributed by atoms with Crippen LogP contribution in [0.25, 0.3) is 203 Å². The lowest BCUT2D eigenvalue weighted by Gasteiger charge is -2.35. The summed E-state index contributed by atoms with van der Waals surface area (Å²) in [6, 6.07) is 146. The number of hydrogen-bond donors (Lipinski definition) is 0. The van der Waals surface area contributed by atoms with Gasteiger partial charge in [0.2, 0.25) is 0 Å². The van der Waals surface area contributed by atoms with Crippen LogP contribution in [0.2, 0.25) is 0 Å². The van der Waals surface area contributed by atoms with Gasteiger partial charge in [-0.05, 0) is 228 Å². The molecule has 3 heterocycles. The smallest absolute Gasteiger partial charge is 0.0626 e. The number of rotatable bonds is 5. The molecule has 120 heavy (non-hydrogen) atoms. The van der Waals surface area contributed by atoms with E-state index in [-0.39, 0.29) is 16.2 Å². The van der Waals surface area contributed by atoms with Crippen LogP contribution in [-0.4, -0.2) is 13.7 Å². The largest absolute Gasteiger partial charge is 0.309 e. The normalized spacial score (nSPS) is 13.8. The van der Waals surface area contributed by atoms with Crippen molar-refractivity contribution in [1.29, 1.82) is 0 Å². The molecule has 3 aromatic heterocycles. The van der Waals surface area contributed by atoms with E-state index in [0.717, 1.165) is 0 Å². The van der Waals surface area contributed by atoms with E-state index in [1.807, 2.05) is 0 Å². The van der Waals surface area contributed by atoms with Crippen LogP contribution in [0.4, 0.5) is 0 Å². The maximum atomic E-state index is 2.53. The van der Waals surface area contributed by atoms with Crippen molar-refractivity contribution in [2.24, 2.45) is 0 Å². The molecular formula is C117H83N3. The molecule has 0 amide bonds. The number of benzene rings is 20. The van der Waals surface area contributed by atoms with Gasteiger partial charge in [0.15, 0.2) is 0 Å². The third-order valence-corrected chi connectivity index (χ3v) is 27.4. The molecule has 566 valence electrons. The molecule has 26 rings (SSSR count). The Bertz CT molecular complexity index is 8270. The summed E-state index contributed by atoms with van der Waals surface area (Å²) in [7, 11) is 0. The average Bonchev–Trinajstić information content (AvgIpc) is 1.47. The highest BCUT2D eigenvalue weighted by atomic mass is 15.0. The van der Waals surface area contributed by atoms with Gasteiger partial charge in [0.05, 0.1) is 33.1 Å². The van der Waals surface area contributed by atoms with Crippen molar-refractivity contribution < 1.29 is 0 Å². The first kappa shape index (κ1) is 69.6. The van der Waals surface area contributed by atoms with Gasteiger partial charge < -0.3 is 13.7 Å². The molecule has 0 N–H and O–H groups in total. The number of para-hydroxylation sites is 1. The second-order valence-corrected chi connectivity index (χ2v) is 35.0. The molecular weight excluding hydrogens is 1450 g/mol. The van der Waals surface area contributed by atoms with Crippen LogP contribution in [0.5, 0.6) is 0 Å². The van der Waals surface area contributed by atoms with Gasteiger partial charge >= 0.3 is 0 Å². The molecule has 3 aliphatic rings. The SMILES string of the molecule is CC1(C)c2ccccc2-c2c3c1cccc3cc1c3cc4ccccc4cc3n(-c3ccc(-c4ccccc4)cc3)c21.CC1(C)c2ccccc2-c2c3c1cccc3cc1c3cc4ccccc4cc3n(-c3cccc(-c4ccccc4)c3)c21.CC1(C)c2ccccc2-c2c3c1cccc3cc1c3cc4ccccc4cc3n(-c3ccccc3)c21. The summed E-state index contributed by atoms with van der Waals surface area (Å²) in [5.74, 6) is 0. The Balaban J connectivity index is 0.000000103. The van der Waals surface area contributed by atoms with Gasteiger partial charge in [0.1, 0.15) is 0 Å². The van der Waals surface area contributed by atoms with Crippen LogP contribution < -0.4 is 0 Å². The third kappa shape index (κ3) is 10.2. The highest BCUT2D eigenvalue weighted by Gasteiger charge is 2.39. The summed E-state index contributed by atoms with van der Waals surface area (Å²) in [5, 5.41) is 23.5. The number of fused-ring (bicyclic) bond motifs is 21. The monoisotopic (exact) mass is 1530 g/mol. The maximum Gasteiger partial charge on any atom is 0.0626 e. The van der Waals surface area contributed by atoms with Crippen LogP contribution in [0.15, 0.2) is 394 Å². The van der Waals surface area contributed by atoms with Gasteiger partial charge in [0.25, 0.3) is 0 Å². The second kappa shape index (κ2) is 26.2. The lowest BCUT2D eigenvalue weighted by Crippen LogP contribution is -2.23. The van der Waals surface area contributed by atoms with Crippen LogP contribution in [0.3, 0.4) is 0 Å². The zero-order valence-electron chi connectivity index (χ0n) is 67.9. The fraction of sp³-hybridized carbons (Fsp3) is 0.0769. The molecule has 23 aromatic rings. The lowest BCUT2D eigenvalue weighted by atomic mass is 9.68. The molecule has 3 heteroatoms. The number of aromatic nitrogens is 3. The zero-order chi connectivity index (χ0) is 80.0. The van der Waals surface area contributed by atoms with Gasteiger partial charge in [0, 0.05) is 82.3 Å². The Kier molecular flexibility index (Phi) is 15.2. The van der Waals surface area contributed by atoms with Crippen molar-refractivity contribution in [1.82, 2.24) is 13.7 Å². The molecule has 3 aliphatic carbocycles. The zero-order valence-corrected chi connectivity index (χ0v) is 67.9. The number of hydrogen-bond acceptors (Lipinski definition) is 0. The quantitative estimate of drug-likeness (QED) is 0.163. The first-order chi connectivity index (χ1) is 58.8. The van der Waals surface area contributed by atoms with Crippen LogP contribution in [-0.2, 0) is 16.2 Å². The van der Waals surface area contributed by atoms with Gasteiger partial charge in [-0.25, -0.2) is 0 Å². The van der Waals surface area contributed by atoms with Crippen molar-refractivity contribution in [3.63, 3.8) is 0 Å². The van der Waals surface area contributed by atoms with Crippen molar-refractivity contribution in [2.75, 3.05) is 0 Å². The molecule has 0 saturated carbocycles. The molecule has 0 bridgehead atoms. The molecule has 0 aliphatic heterocycles. The van der Waals surface area contributed by atoms with Gasteiger partial charge in [-0.15, -0.1) is 0 Å². The molecule has 0 saturated heterocycles. The van der Waals surface area contributed by atoms with Crippen LogP contribution in [0, 0.1) is 0 Å². The summed E-state index contributed by atoms with van der Waals surface area (Å²) in [5.41, 5.74) is 32.3. The van der Waals surface area contributed by atoms with Crippen molar-refractivity contribution in [2.45, 2.75) is 57.8 Å². The van der Waals surface area contributed by atoms with E-state index in [1.54, 1.807) is 0 Å². The molecule has 0 atom stereocenters. The Morgan fingerprint density at radius 1 is 0.175 bits per heavy atom. The van der Waals surface area contributed by atoms with E-state index >= 15 is 0 Å². The Labute approximate surface area is 697 Å². The molecule has 0 radical (unpaired) electrons. The van der Waals surface area contributed by atoms with E-state index in [0.29, 0.717) is 0 Å². The summed E-state index contributed by atoms with van der Waals surface area (Å²) in [6.07, 6.45) is 0. The minimum atomic E-state index is -0.0878. The van der Waals surface area contributed by atoms with Crippen LogP contribution >= 0.6 is 0 Å². The Morgan fingerprint density at radius 3 is 0.800 bits per heavy atom. The van der Waals surface area contributed by atoms with E-state index in [4.69, 9.17) is 0 Å². The van der Waals surface area contributed by atoms with E-state index in [9.17, 15) is 0 Å². The first-order valence-electron chi connectivity index (χ1n) is 42.3. The Morgan fingerprint density at radius 2 is 0.425 bits per heavy atom. The van der Waals surface area contributed by atoms with Crippen LogP contribution in [0.1, 0.15) is 74.9 Å². The van der Waals surface area contributed by atoms with Gasteiger partial charge in [-0.3, -0.25) is 0 Å².